The van der Waals surface area contributed by atoms with Crippen LogP contribution in [0.4, 0.5) is 5.13 Å². The first-order chi connectivity index (χ1) is 14.9. The molecule has 0 unspecified atom stereocenters. The molecule has 2 aromatic carbocycles. The lowest BCUT2D eigenvalue weighted by atomic mass is 10.2. The Morgan fingerprint density at radius 3 is 2.48 bits per heavy atom. The second-order valence-electron chi connectivity index (χ2n) is 7.51. The topological polar surface area (TPSA) is 79.8 Å². The summed E-state index contributed by atoms with van der Waals surface area (Å²) in [6.07, 6.45) is -0.00520. The fourth-order valence-electron chi connectivity index (χ4n) is 3.67. The van der Waals surface area contributed by atoms with Crippen molar-refractivity contribution in [2.45, 2.75) is 18.2 Å². The van der Waals surface area contributed by atoms with Crippen LogP contribution in [-0.2, 0) is 14.6 Å². The third-order valence-corrected chi connectivity index (χ3v) is 8.49. The zero-order chi connectivity index (χ0) is 22.0. The standard InChI is InChI=1S/C22H25N3O4S2/c1-16-8-9-18(29-2)20-21(16)30-22(23-20)25-13-11-24(12-14-25)19(26)10-15-31(27,28)17-6-4-3-5-7-17/h3-9H,10-15H2,1-2H3. The second-order valence-corrected chi connectivity index (χ2v) is 10.6. The van der Waals surface area contributed by atoms with Crippen molar-refractivity contribution in [1.82, 2.24) is 9.88 Å². The molecule has 0 aliphatic carbocycles. The number of methoxy groups -OCH3 is 1. The summed E-state index contributed by atoms with van der Waals surface area (Å²) in [6.45, 7) is 4.49. The molecular weight excluding hydrogens is 434 g/mol. The van der Waals surface area contributed by atoms with Crippen LogP contribution in [0.3, 0.4) is 0 Å². The summed E-state index contributed by atoms with van der Waals surface area (Å²) in [5.41, 5.74) is 2.03. The van der Waals surface area contributed by atoms with Gasteiger partial charge in [-0.05, 0) is 30.7 Å². The number of hydrogen-bond acceptors (Lipinski definition) is 7. The number of sulfone groups is 1. The van der Waals surface area contributed by atoms with Crippen molar-refractivity contribution in [1.29, 1.82) is 0 Å². The maximum atomic E-state index is 12.6. The third kappa shape index (κ3) is 4.52. The number of fused-ring (bicyclic) bond motifs is 1. The highest BCUT2D eigenvalue weighted by atomic mass is 32.2. The van der Waals surface area contributed by atoms with Gasteiger partial charge in [0.2, 0.25) is 5.91 Å². The summed E-state index contributed by atoms with van der Waals surface area (Å²) in [4.78, 5) is 21.6. The minimum atomic E-state index is -3.45. The van der Waals surface area contributed by atoms with E-state index < -0.39 is 9.84 Å². The Labute approximate surface area is 186 Å². The number of anilines is 1. The van der Waals surface area contributed by atoms with Crippen molar-refractivity contribution >= 4 is 42.4 Å². The highest BCUT2D eigenvalue weighted by molar-refractivity contribution is 7.91. The summed E-state index contributed by atoms with van der Waals surface area (Å²) in [5.74, 6) is 0.463. The number of carbonyl (C=O) groups excluding carboxylic acids is 1. The molecule has 0 N–H and O–H groups in total. The number of amides is 1. The smallest absolute Gasteiger partial charge is 0.223 e. The summed E-state index contributed by atoms with van der Waals surface area (Å²) in [5, 5.41) is 0.918. The molecular formula is C22H25N3O4S2. The molecule has 7 nitrogen and oxygen atoms in total. The molecule has 1 aliphatic heterocycles. The molecule has 3 aromatic rings. The number of hydrogen-bond donors (Lipinski definition) is 0. The van der Waals surface area contributed by atoms with Gasteiger partial charge in [0.05, 0.1) is 22.5 Å². The Balaban J connectivity index is 1.37. The monoisotopic (exact) mass is 459 g/mol. The molecule has 2 heterocycles. The van der Waals surface area contributed by atoms with E-state index in [-0.39, 0.29) is 23.0 Å². The highest BCUT2D eigenvalue weighted by Gasteiger charge is 2.25. The number of benzene rings is 2. The number of nitrogens with zero attached hydrogens (tertiary/aromatic N) is 3. The fourth-order valence-corrected chi connectivity index (χ4v) is 6.02. The number of piperazine rings is 1. The molecule has 0 spiro atoms. The van der Waals surface area contributed by atoms with Gasteiger partial charge in [0.15, 0.2) is 15.0 Å². The van der Waals surface area contributed by atoms with Gasteiger partial charge in [-0.15, -0.1) is 0 Å². The van der Waals surface area contributed by atoms with E-state index in [2.05, 4.69) is 11.8 Å². The Morgan fingerprint density at radius 2 is 1.81 bits per heavy atom. The molecule has 31 heavy (non-hydrogen) atoms. The van der Waals surface area contributed by atoms with E-state index in [1.165, 1.54) is 0 Å². The van der Waals surface area contributed by atoms with Gasteiger partial charge in [0.1, 0.15) is 11.3 Å². The van der Waals surface area contributed by atoms with Gasteiger partial charge in [0, 0.05) is 32.6 Å². The van der Waals surface area contributed by atoms with Crippen LogP contribution < -0.4 is 9.64 Å². The minimum absolute atomic E-state index is 0.00520. The van der Waals surface area contributed by atoms with Crippen LogP contribution in [-0.4, -0.2) is 63.3 Å². The van der Waals surface area contributed by atoms with Crippen molar-refractivity contribution in [3.8, 4) is 5.75 Å². The number of aryl methyl sites for hydroxylation is 1. The van der Waals surface area contributed by atoms with Gasteiger partial charge in [0.25, 0.3) is 0 Å². The Hall–Kier alpha value is -2.65. The first kappa shape index (κ1) is 21.6. The maximum absolute atomic E-state index is 12.6. The second kappa shape index (κ2) is 8.84. The van der Waals surface area contributed by atoms with Crippen LogP contribution in [0.5, 0.6) is 5.75 Å². The van der Waals surface area contributed by atoms with Crippen LogP contribution in [0.25, 0.3) is 10.2 Å². The number of aromatic nitrogens is 1. The van der Waals surface area contributed by atoms with Gasteiger partial charge in [-0.1, -0.05) is 35.6 Å². The first-order valence-electron chi connectivity index (χ1n) is 10.1. The molecule has 1 saturated heterocycles. The van der Waals surface area contributed by atoms with Crippen molar-refractivity contribution in [2.24, 2.45) is 0 Å². The number of rotatable bonds is 6. The molecule has 1 aromatic heterocycles. The average molecular weight is 460 g/mol. The van der Waals surface area contributed by atoms with Crippen LogP contribution in [0.2, 0.25) is 0 Å². The Kier molecular flexibility index (Phi) is 6.15. The molecule has 1 aliphatic rings. The summed E-state index contributed by atoms with van der Waals surface area (Å²) >= 11 is 1.63. The van der Waals surface area contributed by atoms with E-state index in [0.717, 1.165) is 26.7 Å². The minimum Gasteiger partial charge on any atom is -0.494 e. The number of ether oxygens (including phenoxy) is 1. The van der Waals surface area contributed by atoms with E-state index >= 15 is 0 Å². The summed E-state index contributed by atoms with van der Waals surface area (Å²) in [7, 11) is -1.81. The molecule has 1 amide bonds. The van der Waals surface area contributed by atoms with Crippen molar-refractivity contribution in [3.63, 3.8) is 0 Å². The highest BCUT2D eigenvalue weighted by Crippen LogP contribution is 2.36. The molecule has 9 heteroatoms. The quantitative estimate of drug-likeness (QED) is 0.564. The first-order valence-corrected chi connectivity index (χ1v) is 12.6. The maximum Gasteiger partial charge on any atom is 0.223 e. The largest absolute Gasteiger partial charge is 0.494 e. The van der Waals surface area contributed by atoms with Crippen LogP contribution in [0.15, 0.2) is 47.4 Å². The van der Waals surface area contributed by atoms with Crippen molar-refractivity contribution in [2.75, 3.05) is 43.9 Å². The molecule has 0 atom stereocenters. The van der Waals surface area contributed by atoms with Crippen LogP contribution in [0.1, 0.15) is 12.0 Å². The van der Waals surface area contributed by atoms with Crippen molar-refractivity contribution in [3.05, 3.63) is 48.0 Å². The van der Waals surface area contributed by atoms with Crippen LogP contribution >= 0.6 is 11.3 Å². The summed E-state index contributed by atoms with van der Waals surface area (Å²) < 4.78 is 31.4. The van der Waals surface area contributed by atoms with Gasteiger partial charge >= 0.3 is 0 Å². The predicted molar refractivity (Wildman–Crippen MR) is 123 cm³/mol. The van der Waals surface area contributed by atoms with E-state index in [1.54, 1.807) is 53.7 Å². The molecule has 0 saturated carbocycles. The SMILES string of the molecule is COc1ccc(C)c2sc(N3CCN(C(=O)CCS(=O)(=O)c4ccccc4)CC3)nc12. The number of thiazole rings is 1. The van der Waals surface area contributed by atoms with E-state index in [0.29, 0.717) is 26.2 Å². The molecule has 0 bridgehead atoms. The Bertz CT molecular complexity index is 1180. The molecule has 1 fully saturated rings. The fraction of sp³-hybridized carbons (Fsp3) is 0.364. The molecule has 4 rings (SSSR count). The van der Waals surface area contributed by atoms with Gasteiger partial charge in [-0.3, -0.25) is 4.79 Å². The lowest BCUT2D eigenvalue weighted by Gasteiger charge is -2.34. The Morgan fingerprint density at radius 1 is 1.10 bits per heavy atom. The van der Waals surface area contributed by atoms with Crippen molar-refractivity contribution < 1.29 is 17.9 Å². The van der Waals surface area contributed by atoms with E-state index in [9.17, 15) is 13.2 Å². The zero-order valence-corrected chi connectivity index (χ0v) is 19.2. The van der Waals surface area contributed by atoms with Gasteiger partial charge in [-0.25, -0.2) is 13.4 Å². The molecule has 164 valence electrons. The summed E-state index contributed by atoms with van der Waals surface area (Å²) in [6, 6.07) is 12.2. The zero-order valence-electron chi connectivity index (χ0n) is 17.6. The third-order valence-electron chi connectivity index (χ3n) is 5.50. The van der Waals surface area contributed by atoms with E-state index in [4.69, 9.17) is 9.72 Å². The van der Waals surface area contributed by atoms with E-state index in [1.807, 2.05) is 12.1 Å². The lowest BCUT2D eigenvalue weighted by molar-refractivity contribution is -0.131. The van der Waals surface area contributed by atoms with Gasteiger partial charge in [-0.2, -0.15) is 0 Å². The van der Waals surface area contributed by atoms with Crippen LogP contribution in [0, 0.1) is 6.92 Å². The molecule has 0 radical (unpaired) electrons. The normalized spacial score (nSPS) is 14.8. The average Bonchev–Trinajstić information content (AvgIpc) is 3.25. The van der Waals surface area contributed by atoms with Gasteiger partial charge < -0.3 is 14.5 Å². The predicted octanol–water partition coefficient (Wildman–Crippen LogP) is 3.13. The number of carbonyl (C=O) groups is 1. The lowest BCUT2D eigenvalue weighted by Crippen LogP contribution is -2.49.